The van der Waals surface area contributed by atoms with Crippen molar-refractivity contribution in [1.82, 2.24) is 0 Å². The highest BCUT2D eigenvalue weighted by Gasteiger charge is 2.27. The summed E-state index contributed by atoms with van der Waals surface area (Å²) in [6.07, 6.45) is 1.01. The predicted octanol–water partition coefficient (Wildman–Crippen LogP) is 2.32. The Bertz CT molecular complexity index is 953. The third-order valence-electron chi connectivity index (χ3n) is 3.08. The Morgan fingerprint density at radius 3 is 2.20 bits per heavy atom. The molecule has 10 nitrogen and oxygen atoms in total. The number of sulfonamides is 1. The lowest BCUT2D eigenvalue weighted by Crippen LogP contribution is -2.04. The lowest BCUT2D eigenvalue weighted by Gasteiger charge is -2.01. The number of benzene rings is 2. The van der Waals surface area contributed by atoms with Crippen LogP contribution in [-0.2, 0) is 10.0 Å². The van der Waals surface area contributed by atoms with Gasteiger partial charge in [-0.3, -0.25) is 20.2 Å². The van der Waals surface area contributed by atoms with Crippen LogP contribution in [0.4, 0.5) is 11.4 Å². The van der Waals surface area contributed by atoms with Crippen LogP contribution < -0.4 is 4.74 Å². The Kier molecular flexibility index (Phi) is 5.08. The number of hydrogen-bond donors (Lipinski definition) is 0. The van der Waals surface area contributed by atoms with E-state index in [9.17, 15) is 28.6 Å². The van der Waals surface area contributed by atoms with E-state index >= 15 is 0 Å². The summed E-state index contributed by atoms with van der Waals surface area (Å²) in [6.45, 7) is 0. The quantitative estimate of drug-likeness (QED) is 0.434. The predicted molar refractivity (Wildman–Crippen MR) is 87.5 cm³/mol. The molecule has 0 saturated heterocycles. The smallest absolute Gasteiger partial charge is 0.296 e. The van der Waals surface area contributed by atoms with E-state index in [1.165, 1.54) is 7.11 Å². The zero-order valence-electron chi connectivity index (χ0n) is 12.7. The number of ether oxygens (including phenoxy) is 1. The van der Waals surface area contributed by atoms with Gasteiger partial charge in [-0.2, -0.15) is 12.8 Å². The van der Waals surface area contributed by atoms with Crippen LogP contribution in [0.3, 0.4) is 0 Å². The molecule has 130 valence electrons. The molecular weight excluding hydrogens is 354 g/mol. The topological polar surface area (TPSA) is 142 Å². The van der Waals surface area contributed by atoms with Crippen molar-refractivity contribution >= 4 is 27.6 Å². The van der Waals surface area contributed by atoms with Gasteiger partial charge < -0.3 is 4.74 Å². The zero-order chi connectivity index (χ0) is 18.6. The van der Waals surface area contributed by atoms with E-state index < -0.39 is 36.1 Å². The highest BCUT2D eigenvalue weighted by atomic mass is 32.2. The first kappa shape index (κ1) is 18.0. The molecule has 0 aliphatic rings. The summed E-state index contributed by atoms with van der Waals surface area (Å²) in [6, 6.07) is 8.49. The normalized spacial score (nSPS) is 11.4. The number of nitro benzene ring substituents is 2. The lowest BCUT2D eigenvalue weighted by atomic mass is 10.2. The van der Waals surface area contributed by atoms with Gasteiger partial charge in [0, 0.05) is 12.3 Å². The number of rotatable bonds is 6. The van der Waals surface area contributed by atoms with E-state index in [0.29, 0.717) is 17.4 Å². The summed E-state index contributed by atoms with van der Waals surface area (Å²) in [4.78, 5) is 19.1. The largest absolute Gasteiger partial charge is 0.497 e. The minimum absolute atomic E-state index is 0.425. The first-order valence-electron chi connectivity index (χ1n) is 6.62. The number of nitro groups is 2. The van der Waals surface area contributed by atoms with Gasteiger partial charge in [-0.25, -0.2) is 0 Å². The monoisotopic (exact) mass is 365 g/mol. The summed E-state index contributed by atoms with van der Waals surface area (Å²) in [7, 11) is -2.94. The molecule has 2 aromatic rings. The first-order valence-corrected chi connectivity index (χ1v) is 8.06. The van der Waals surface area contributed by atoms with E-state index in [1.807, 2.05) is 0 Å². The fourth-order valence-electron chi connectivity index (χ4n) is 1.86. The van der Waals surface area contributed by atoms with Gasteiger partial charge in [-0.15, -0.1) is 0 Å². The molecule has 0 saturated carbocycles. The van der Waals surface area contributed by atoms with Crippen molar-refractivity contribution in [2.24, 2.45) is 4.40 Å². The molecule has 0 fully saturated rings. The van der Waals surface area contributed by atoms with Gasteiger partial charge in [-0.1, -0.05) is 0 Å². The Labute approximate surface area is 141 Å². The Balaban J connectivity index is 2.42. The van der Waals surface area contributed by atoms with Gasteiger partial charge in [0.05, 0.1) is 23.0 Å². The molecule has 0 atom stereocenters. The standard InChI is InChI=1S/C14H11N3O7S/c1-24-12-5-2-10(3-6-12)9-15-25(22,23)14-7-4-11(16(18)19)8-13(14)17(20)21/h2-9H,1H3. The van der Waals surface area contributed by atoms with Gasteiger partial charge in [0.15, 0.2) is 4.90 Å². The average Bonchev–Trinajstić information content (AvgIpc) is 2.59. The molecule has 0 amide bonds. The maximum absolute atomic E-state index is 12.2. The molecule has 0 spiro atoms. The minimum atomic E-state index is -4.42. The van der Waals surface area contributed by atoms with Crippen LogP contribution in [0.25, 0.3) is 0 Å². The number of hydrogen-bond acceptors (Lipinski definition) is 7. The highest BCUT2D eigenvalue weighted by Crippen LogP contribution is 2.29. The van der Waals surface area contributed by atoms with Crippen LogP contribution in [-0.4, -0.2) is 31.6 Å². The van der Waals surface area contributed by atoms with Crippen LogP contribution >= 0.6 is 0 Å². The van der Waals surface area contributed by atoms with Crippen molar-refractivity contribution in [3.63, 3.8) is 0 Å². The summed E-state index contributed by atoms with van der Waals surface area (Å²) in [5, 5.41) is 21.7. The molecule has 25 heavy (non-hydrogen) atoms. The summed E-state index contributed by atoms with van der Waals surface area (Å²) in [5.41, 5.74) is -1.08. The van der Waals surface area contributed by atoms with Crippen molar-refractivity contribution in [2.45, 2.75) is 4.90 Å². The van der Waals surface area contributed by atoms with E-state index in [4.69, 9.17) is 4.74 Å². The SMILES string of the molecule is COc1ccc(C=NS(=O)(=O)c2ccc([N+](=O)[O-])cc2[N+](=O)[O-])cc1. The van der Waals surface area contributed by atoms with E-state index in [-0.39, 0.29) is 0 Å². The van der Waals surface area contributed by atoms with Crippen LogP contribution in [0.2, 0.25) is 0 Å². The summed E-state index contributed by atoms with van der Waals surface area (Å²) >= 11 is 0. The summed E-state index contributed by atoms with van der Waals surface area (Å²) in [5.74, 6) is 0.561. The second-order valence-corrected chi connectivity index (χ2v) is 6.25. The molecular formula is C14H11N3O7S. The number of methoxy groups -OCH3 is 1. The maximum atomic E-state index is 12.2. The fourth-order valence-corrected chi connectivity index (χ4v) is 2.87. The molecule has 0 aromatic heterocycles. The molecule has 0 bridgehead atoms. The maximum Gasteiger partial charge on any atom is 0.296 e. The van der Waals surface area contributed by atoms with Crippen molar-refractivity contribution < 1.29 is 23.0 Å². The van der Waals surface area contributed by atoms with Gasteiger partial charge in [0.2, 0.25) is 0 Å². The number of non-ortho nitro benzene ring substituents is 1. The van der Waals surface area contributed by atoms with E-state index in [0.717, 1.165) is 18.3 Å². The van der Waals surface area contributed by atoms with Crippen LogP contribution in [0.15, 0.2) is 51.8 Å². The van der Waals surface area contributed by atoms with Gasteiger partial charge in [0.1, 0.15) is 5.75 Å². The second kappa shape index (κ2) is 7.05. The minimum Gasteiger partial charge on any atom is -0.497 e. The van der Waals surface area contributed by atoms with Crippen molar-refractivity contribution in [3.05, 3.63) is 68.3 Å². The Morgan fingerprint density at radius 1 is 1.04 bits per heavy atom. The molecule has 11 heteroatoms. The molecule has 2 rings (SSSR count). The van der Waals surface area contributed by atoms with Crippen molar-refractivity contribution in [3.8, 4) is 5.75 Å². The average molecular weight is 365 g/mol. The van der Waals surface area contributed by atoms with Crippen molar-refractivity contribution in [1.29, 1.82) is 0 Å². The van der Waals surface area contributed by atoms with Crippen molar-refractivity contribution in [2.75, 3.05) is 7.11 Å². The molecule has 0 N–H and O–H groups in total. The molecule has 0 aliphatic carbocycles. The third kappa shape index (κ3) is 4.14. The van der Waals surface area contributed by atoms with Gasteiger partial charge in [0.25, 0.3) is 21.4 Å². The Hall–Kier alpha value is -3.34. The van der Waals surface area contributed by atoms with Gasteiger partial charge in [-0.05, 0) is 35.9 Å². The molecule has 0 unspecified atom stereocenters. The van der Waals surface area contributed by atoms with Gasteiger partial charge >= 0.3 is 0 Å². The lowest BCUT2D eigenvalue weighted by molar-refractivity contribution is -0.396. The summed E-state index contributed by atoms with van der Waals surface area (Å²) < 4.78 is 32.8. The molecule has 2 aromatic carbocycles. The van der Waals surface area contributed by atoms with E-state index in [1.54, 1.807) is 24.3 Å². The molecule has 0 heterocycles. The van der Waals surface area contributed by atoms with Crippen LogP contribution in [0, 0.1) is 20.2 Å². The van der Waals surface area contributed by atoms with Crippen LogP contribution in [0.1, 0.15) is 5.56 Å². The van der Waals surface area contributed by atoms with Crippen LogP contribution in [0.5, 0.6) is 5.75 Å². The number of nitrogens with zero attached hydrogens (tertiary/aromatic N) is 3. The second-order valence-electron chi connectivity index (χ2n) is 4.65. The fraction of sp³-hybridized carbons (Fsp3) is 0.0714. The molecule has 0 aliphatic heterocycles. The van der Waals surface area contributed by atoms with E-state index in [2.05, 4.69) is 4.40 Å². The third-order valence-corrected chi connectivity index (χ3v) is 4.37. The molecule has 0 radical (unpaired) electrons. The first-order chi connectivity index (χ1) is 11.7. The zero-order valence-corrected chi connectivity index (χ0v) is 13.5. The highest BCUT2D eigenvalue weighted by molar-refractivity contribution is 7.90. The Morgan fingerprint density at radius 2 is 1.68 bits per heavy atom.